The summed E-state index contributed by atoms with van der Waals surface area (Å²) in [4.78, 5) is 12.0. The molecular formula is C8H12Cl2N2OS. The fraction of sp³-hybridized carbons (Fsp3) is 0.375. The minimum Gasteiger partial charge on any atom is -0.350 e. The minimum absolute atomic E-state index is 0. The molecule has 0 saturated carbocycles. The van der Waals surface area contributed by atoms with E-state index in [1.807, 2.05) is 7.05 Å². The van der Waals surface area contributed by atoms with Gasteiger partial charge in [-0.2, -0.15) is 0 Å². The number of carbonyl (C=O) groups excluding carboxylic acids is 1. The van der Waals surface area contributed by atoms with Crippen LogP contribution in [0.4, 0.5) is 0 Å². The Hall–Kier alpha value is -0.290. The van der Waals surface area contributed by atoms with E-state index in [1.165, 1.54) is 11.3 Å². The fourth-order valence-corrected chi connectivity index (χ4v) is 1.89. The second-order valence-corrected chi connectivity index (χ2v) is 3.78. The van der Waals surface area contributed by atoms with Gasteiger partial charge in [0.1, 0.15) is 4.88 Å². The third-order valence-electron chi connectivity index (χ3n) is 1.48. The zero-order chi connectivity index (χ0) is 9.68. The van der Waals surface area contributed by atoms with Crippen LogP contribution in [-0.2, 0) is 0 Å². The van der Waals surface area contributed by atoms with Crippen LogP contribution in [0.15, 0.2) is 11.4 Å². The van der Waals surface area contributed by atoms with Crippen LogP contribution in [0.2, 0.25) is 5.02 Å². The molecule has 1 aromatic rings. The third kappa shape index (κ3) is 3.84. The molecule has 1 rings (SSSR count). The van der Waals surface area contributed by atoms with Gasteiger partial charge in [0.2, 0.25) is 0 Å². The molecule has 0 aliphatic rings. The maximum Gasteiger partial charge on any atom is 0.262 e. The summed E-state index contributed by atoms with van der Waals surface area (Å²) in [5.74, 6) is -0.102. The van der Waals surface area contributed by atoms with Crippen molar-refractivity contribution in [3.63, 3.8) is 0 Å². The van der Waals surface area contributed by atoms with Gasteiger partial charge in [0.05, 0.1) is 5.02 Å². The molecule has 2 N–H and O–H groups in total. The maximum atomic E-state index is 11.4. The Labute approximate surface area is 98.2 Å². The lowest BCUT2D eigenvalue weighted by molar-refractivity contribution is 0.0958. The first-order valence-electron chi connectivity index (χ1n) is 3.91. The minimum atomic E-state index is -0.102. The van der Waals surface area contributed by atoms with E-state index in [9.17, 15) is 4.79 Å². The van der Waals surface area contributed by atoms with E-state index >= 15 is 0 Å². The molecule has 0 aliphatic heterocycles. The number of hydrogen-bond acceptors (Lipinski definition) is 3. The number of rotatable bonds is 4. The number of amides is 1. The second-order valence-electron chi connectivity index (χ2n) is 2.46. The van der Waals surface area contributed by atoms with E-state index in [2.05, 4.69) is 10.6 Å². The molecule has 0 radical (unpaired) electrons. The molecule has 80 valence electrons. The number of nitrogens with one attached hydrogen (secondary N) is 2. The number of halogens is 2. The summed E-state index contributed by atoms with van der Waals surface area (Å²) in [7, 11) is 1.84. The first-order chi connectivity index (χ1) is 6.25. The van der Waals surface area contributed by atoms with Crippen LogP contribution < -0.4 is 10.6 Å². The number of hydrogen-bond donors (Lipinski definition) is 2. The van der Waals surface area contributed by atoms with Crippen molar-refractivity contribution >= 4 is 41.3 Å². The molecule has 0 bridgehead atoms. The van der Waals surface area contributed by atoms with Gasteiger partial charge in [-0.1, -0.05) is 11.6 Å². The lowest BCUT2D eigenvalue weighted by Crippen LogP contribution is -2.29. The van der Waals surface area contributed by atoms with Crippen LogP contribution in [0.5, 0.6) is 0 Å². The number of thiophene rings is 1. The Morgan fingerprint density at radius 3 is 2.79 bits per heavy atom. The van der Waals surface area contributed by atoms with Crippen LogP contribution >= 0.6 is 35.3 Å². The summed E-state index contributed by atoms with van der Waals surface area (Å²) in [5, 5.41) is 8.01. The van der Waals surface area contributed by atoms with Gasteiger partial charge in [-0.05, 0) is 18.5 Å². The maximum absolute atomic E-state index is 11.4. The van der Waals surface area contributed by atoms with Gasteiger partial charge >= 0.3 is 0 Å². The normalized spacial score (nSPS) is 9.29. The van der Waals surface area contributed by atoms with E-state index in [4.69, 9.17) is 11.6 Å². The number of carbonyl (C=O) groups is 1. The highest BCUT2D eigenvalue weighted by atomic mass is 35.5. The van der Waals surface area contributed by atoms with Gasteiger partial charge in [0.15, 0.2) is 0 Å². The van der Waals surface area contributed by atoms with Crippen molar-refractivity contribution < 1.29 is 4.79 Å². The van der Waals surface area contributed by atoms with Gasteiger partial charge < -0.3 is 10.6 Å². The van der Waals surface area contributed by atoms with Gasteiger partial charge in [-0.25, -0.2) is 0 Å². The molecule has 0 aliphatic carbocycles. The molecule has 14 heavy (non-hydrogen) atoms. The average Bonchev–Trinajstić information content (AvgIpc) is 2.52. The summed E-state index contributed by atoms with van der Waals surface area (Å²) in [5.41, 5.74) is 0. The van der Waals surface area contributed by atoms with Crippen molar-refractivity contribution in [3.8, 4) is 0 Å². The van der Waals surface area contributed by atoms with Crippen molar-refractivity contribution in [1.29, 1.82) is 0 Å². The molecular weight excluding hydrogens is 243 g/mol. The first-order valence-corrected chi connectivity index (χ1v) is 5.17. The fourth-order valence-electron chi connectivity index (χ4n) is 0.837. The van der Waals surface area contributed by atoms with Crippen LogP contribution in [0.3, 0.4) is 0 Å². The smallest absolute Gasteiger partial charge is 0.262 e. The summed E-state index contributed by atoms with van der Waals surface area (Å²) in [6.07, 6.45) is 0. The Bertz CT molecular complexity index is 291. The van der Waals surface area contributed by atoms with Crippen molar-refractivity contribution in [2.45, 2.75) is 0 Å². The van der Waals surface area contributed by atoms with Gasteiger partial charge in [-0.3, -0.25) is 4.79 Å². The molecule has 0 spiro atoms. The molecule has 0 aromatic carbocycles. The molecule has 1 heterocycles. The van der Waals surface area contributed by atoms with Crippen molar-refractivity contribution in [2.75, 3.05) is 20.1 Å². The van der Waals surface area contributed by atoms with Crippen LogP contribution in [0.1, 0.15) is 9.67 Å². The monoisotopic (exact) mass is 254 g/mol. The van der Waals surface area contributed by atoms with E-state index in [0.717, 1.165) is 6.54 Å². The largest absolute Gasteiger partial charge is 0.350 e. The second kappa shape index (κ2) is 7.06. The first kappa shape index (κ1) is 13.7. The zero-order valence-corrected chi connectivity index (χ0v) is 10.1. The summed E-state index contributed by atoms with van der Waals surface area (Å²) in [6.45, 7) is 1.37. The SMILES string of the molecule is CNCCNC(=O)c1sccc1Cl.Cl. The summed E-state index contributed by atoms with van der Waals surface area (Å²) >= 11 is 7.13. The van der Waals surface area contributed by atoms with Gasteiger partial charge in [-0.15, -0.1) is 23.7 Å². The Morgan fingerprint density at radius 1 is 1.57 bits per heavy atom. The highest BCUT2D eigenvalue weighted by Crippen LogP contribution is 2.21. The van der Waals surface area contributed by atoms with Crippen LogP contribution in [0.25, 0.3) is 0 Å². The topological polar surface area (TPSA) is 41.1 Å². The molecule has 1 aromatic heterocycles. The Kier molecular flexibility index (Phi) is 6.92. The molecule has 0 saturated heterocycles. The summed E-state index contributed by atoms with van der Waals surface area (Å²) < 4.78 is 0. The predicted octanol–water partition coefficient (Wildman–Crippen LogP) is 1.77. The molecule has 0 atom stereocenters. The summed E-state index contributed by atoms with van der Waals surface area (Å²) in [6, 6.07) is 1.72. The van der Waals surface area contributed by atoms with Gasteiger partial charge in [0.25, 0.3) is 5.91 Å². The van der Waals surface area contributed by atoms with E-state index in [-0.39, 0.29) is 18.3 Å². The van der Waals surface area contributed by atoms with E-state index in [0.29, 0.717) is 16.4 Å². The van der Waals surface area contributed by atoms with Crippen LogP contribution in [0, 0.1) is 0 Å². The predicted molar refractivity (Wildman–Crippen MR) is 62.8 cm³/mol. The standard InChI is InChI=1S/C8H11ClN2OS.ClH/c1-10-3-4-11-8(12)7-6(9)2-5-13-7;/h2,5,10H,3-4H2,1H3,(H,11,12);1H. The average molecular weight is 255 g/mol. The van der Waals surface area contributed by atoms with Crippen molar-refractivity contribution in [3.05, 3.63) is 21.3 Å². The molecule has 6 heteroatoms. The highest BCUT2D eigenvalue weighted by molar-refractivity contribution is 7.12. The zero-order valence-electron chi connectivity index (χ0n) is 7.67. The highest BCUT2D eigenvalue weighted by Gasteiger charge is 2.10. The van der Waals surface area contributed by atoms with Crippen molar-refractivity contribution in [1.82, 2.24) is 10.6 Å². The molecule has 0 fully saturated rings. The number of likely N-dealkylation sites (N-methyl/N-ethyl adjacent to an activating group) is 1. The Balaban J connectivity index is 0.00000169. The van der Waals surface area contributed by atoms with E-state index < -0.39 is 0 Å². The lowest BCUT2D eigenvalue weighted by atomic mass is 10.4. The quantitative estimate of drug-likeness (QED) is 0.805. The molecule has 3 nitrogen and oxygen atoms in total. The molecule has 1 amide bonds. The molecule has 0 unspecified atom stereocenters. The van der Waals surface area contributed by atoms with Gasteiger partial charge in [0, 0.05) is 13.1 Å². The van der Waals surface area contributed by atoms with Crippen molar-refractivity contribution in [2.24, 2.45) is 0 Å². The lowest BCUT2D eigenvalue weighted by Gasteiger charge is -2.02. The van der Waals surface area contributed by atoms with Crippen LogP contribution in [-0.4, -0.2) is 26.0 Å². The third-order valence-corrected chi connectivity index (χ3v) is 2.82. The Morgan fingerprint density at radius 2 is 2.29 bits per heavy atom. The van der Waals surface area contributed by atoms with E-state index in [1.54, 1.807) is 11.4 Å².